The van der Waals surface area contributed by atoms with E-state index in [1.165, 1.54) is 56.9 Å². The van der Waals surface area contributed by atoms with Crippen molar-refractivity contribution in [1.29, 1.82) is 0 Å². The Kier molecular flexibility index (Phi) is 5.85. The largest absolute Gasteiger partial charge is 0.478 e. The van der Waals surface area contributed by atoms with Crippen molar-refractivity contribution in [1.82, 2.24) is 0 Å². The molecular weight excluding hydrogens is 344 g/mol. The third-order valence-electron chi connectivity index (χ3n) is 7.35. The van der Waals surface area contributed by atoms with Gasteiger partial charge in [-0.15, -0.1) is 0 Å². The molecule has 0 unspecified atom stereocenters. The predicted octanol–water partition coefficient (Wildman–Crippen LogP) is 7.15. The molecule has 148 valence electrons. The average molecular weight is 377 g/mol. The van der Waals surface area contributed by atoms with E-state index in [4.69, 9.17) is 5.11 Å². The molecule has 28 heavy (non-hydrogen) atoms. The number of carboxylic acid groups (broad SMARTS) is 1. The van der Waals surface area contributed by atoms with Crippen LogP contribution in [-0.2, 0) is 0 Å². The minimum Gasteiger partial charge on any atom is -0.478 e. The van der Waals surface area contributed by atoms with E-state index in [-0.39, 0.29) is 0 Å². The lowest BCUT2D eigenvalue weighted by Gasteiger charge is -2.37. The van der Waals surface area contributed by atoms with E-state index < -0.39 is 5.97 Å². The molecule has 0 atom stereocenters. The van der Waals surface area contributed by atoms with E-state index in [1.807, 2.05) is 12.1 Å². The van der Waals surface area contributed by atoms with Gasteiger partial charge >= 0.3 is 5.97 Å². The fraction of sp³-hybridized carbons (Fsp3) is 0.500. The van der Waals surface area contributed by atoms with Crippen LogP contribution in [0.15, 0.2) is 48.5 Å². The van der Waals surface area contributed by atoms with Crippen LogP contribution in [0.25, 0.3) is 11.1 Å². The van der Waals surface area contributed by atoms with Crippen molar-refractivity contribution in [3.05, 3.63) is 59.7 Å². The van der Waals surface area contributed by atoms with Gasteiger partial charge in [-0.1, -0.05) is 56.2 Å². The highest BCUT2D eigenvalue weighted by Gasteiger charge is 2.30. The molecule has 2 aromatic rings. The molecule has 0 spiro atoms. The van der Waals surface area contributed by atoms with Crippen LogP contribution in [0.2, 0.25) is 0 Å². The van der Waals surface area contributed by atoms with Gasteiger partial charge in [0.2, 0.25) is 0 Å². The van der Waals surface area contributed by atoms with Crippen LogP contribution in [-0.4, -0.2) is 11.1 Å². The second kappa shape index (κ2) is 8.51. The number of hydrogen-bond acceptors (Lipinski definition) is 1. The Morgan fingerprint density at radius 3 is 1.68 bits per heavy atom. The second-order valence-electron chi connectivity index (χ2n) is 9.14. The van der Waals surface area contributed by atoms with Gasteiger partial charge in [0.25, 0.3) is 0 Å². The Labute approximate surface area is 169 Å². The van der Waals surface area contributed by atoms with Crippen molar-refractivity contribution in [2.24, 2.45) is 17.8 Å². The highest BCUT2D eigenvalue weighted by atomic mass is 16.4. The molecule has 0 amide bonds. The summed E-state index contributed by atoms with van der Waals surface area (Å²) >= 11 is 0. The Morgan fingerprint density at radius 1 is 0.714 bits per heavy atom. The summed E-state index contributed by atoms with van der Waals surface area (Å²) in [6.07, 6.45) is 11.3. The summed E-state index contributed by atoms with van der Waals surface area (Å²) in [6, 6.07) is 16.1. The number of carbonyl (C=O) groups is 1. The Hall–Kier alpha value is -2.09. The SMILES string of the molecule is CC1CCC(C2CCC(c3ccc(-c4ccc(C(=O)O)cc4)cc3)CC2)CC1. The quantitative estimate of drug-likeness (QED) is 0.615. The molecule has 0 aromatic heterocycles. The van der Waals surface area contributed by atoms with Gasteiger partial charge in [-0.05, 0) is 91.0 Å². The van der Waals surface area contributed by atoms with Crippen LogP contribution in [0, 0.1) is 17.8 Å². The third-order valence-corrected chi connectivity index (χ3v) is 7.35. The van der Waals surface area contributed by atoms with Gasteiger partial charge < -0.3 is 5.11 Å². The topological polar surface area (TPSA) is 37.3 Å². The van der Waals surface area contributed by atoms with Crippen LogP contribution in [0.3, 0.4) is 0 Å². The standard InChI is InChI=1S/C26H32O2/c1-18-2-4-19(5-3-18)20-6-8-21(9-7-20)22-10-12-23(13-11-22)24-14-16-25(17-15-24)26(27)28/h10-21H,2-9H2,1H3,(H,27,28). The zero-order chi connectivity index (χ0) is 19.5. The number of aromatic carboxylic acids is 1. The fourth-order valence-electron chi connectivity index (χ4n) is 5.43. The van der Waals surface area contributed by atoms with Crippen molar-refractivity contribution >= 4 is 5.97 Å². The average Bonchev–Trinajstić information content (AvgIpc) is 2.75. The van der Waals surface area contributed by atoms with Gasteiger partial charge in [0.15, 0.2) is 0 Å². The van der Waals surface area contributed by atoms with E-state index in [0.717, 1.165) is 28.9 Å². The van der Waals surface area contributed by atoms with E-state index in [0.29, 0.717) is 11.5 Å². The van der Waals surface area contributed by atoms with Gasteiger partial charge in [-0.3, -0.25) is 0 Å². The van der Waals surface area contributed by atoms with E-state index in [1.54, 1.807) is 12.1 Å². The summed E-state index contributed by atoms with van der Waals surface area (Å²) in [6.45, 7) is 2.41. The van der Waals surface area contributed by atoms with Crippen molar-refractivity contribution in [2.75, 3.05) is 0 Å². The maximum absolute atomic E-state index is 11.0. The molecule has 2 aliphatic carbocycles. The van der Waals surface area contributed by atoms with Crippen LogP contribution >= 0.6 is 0 Å². The molecule has 0 saturated heterocycles. The molecule has 4 rings (SSSR count). The normalized spacial score (nSPS) is 28.0. The van der Waals surface area contributed by atoms with Crippen molar-refractivity contribution < 1.29 is 9.90 Å². The summed E-state index contributed by atoms with van der Waals surface area (Å²) in [7, 11) is 0. The molecule has 2 saturated carbocycles. The van der Waals surface area contributed by atoms with E-state index in [2.05, 4.69) is 31.2 Å². The van der Waals surface area contributed by atoms with Crippen LogP contribution < -0.4 is 0 Å². The molecule has 2 fully saturated rings. The lowest BCUT2D eigenvalue weighted by molar-refractivity contribution is 0.0697. The smallest absolute Gasteiger partial charge is 0.335 e. The van der Waals surface area contributed by atoms with Crippen LogP contribution in [0.4, 0.5) is 0 Å². The first-order valence-corrected chi connectivity index (χ1v) is 11.0. The fourth-order valence-corrected chi connectivity index (χ4v) is 5.43. The number of rotatable bonds is 4. The van der Waals surface area contributed by atoms with Crippen molar-refractivity contribution in [3.8, 4) is 11.1 Å². The maximum atomic E-state index is 11.0. The number of benzene rings is 2. The highest BCUT2D eigenvalue weighted by molar-refractivity contribution is 5.88. The lowest BCUT2D eigenvalue weighted by Crippen LogP contribution is -2.24. The Morgan fingerprint density at radius 2 is 1.18 bits per heavy atom. The van der Waals surface area contributed by atoms with Gasteiger partial charge in [0.05, 0.1) is 5.56 Å². The summed E-state index contributed by atoms with van der Waals surface area (Å²) in [5.74, 6) is 2.75. The Bertz CT molecular complexity index is 774. The summed E-state index contributed by atoms with van der Waals surface area (Å²) in [4.78, 5) is 11.0. The van der Waals surface area contributed by atoms with Gasteiger partial charge in [-0.2, -0.15) is 0 Å². The predicted molar refractivity (Wildman–Crippen MR) is 115 cm³/mol. The maximum Gasteiger partial charge on any atom is 0.335 e. The van der Waals surface area contributed by atoms with Gasteiger partial charge in [0.1, 0.15) is 0 Å². The molecule has 2 heteroatoms. The van der Waals surface area contributed by atoms with Gasteiger partial charge in [0, 0.05) is 0 Å². The second-order valence-corrected chi connectivity index (χ2v) is 9.14. The summed E-state index contributed by atoms with van der Waals surface area (Å²) < 4.78 is 0. The third kappa shape index (κ3) is 4.32. The van der Waals surface area contributed by atoms with Crippen molar-refractivity contribution in [3.63, 3.8) is 0 Å². The first-order valence-electron chi connectivity index (χ1n) is 11.0. The number of hydrogen-bond donors (Lipinski definition) is 1. The zero-order valence-corrected chi connectivity index (χ0v) is 16.9. The molecular formula is C26H32O2. The number of carboxylic acids is 1. The van der Waals surface area contributed by atoms with Crippen molar-refractivity contribution in [2.45, 2.75) is 64.2 Å². The first kappa shape index (κ1) is 19.2. The minimum absolute atomic E-state index is 0.338. The van der Waals surface area contributed by atoms with Crippen LogP contribution in [0.5, 0.6) is 0 Å². The van der Waals surface area contributed by atoms with Crippen LogP contribution in [0.1, 0.15) is 80.1 Å². The molecule has 2 aliphatic rings. The molecule has 2 aromatic carbocycles. The van der Waals surface area contributed by atoms with Gasteiger partial charge in [-0.25, -0.2) is 4.79 Å². The highest BCUT2D eigenvalue weighted by Crippen LogP contribution is 2.44. The molecule has 2 nitrogen and oxygen atoms in total. The zero-order valence-electron chi connectivity index (χ0n) is 16.9. The van der Waals surface area contributed by atoms with E-state index in [9.17, 15) is 4.79 Å². The summed E-state index contributed by atoms with van der Waals surface area (Å²) in [5.41, 5.74) is 4.05. The molecule has 0 heterocycles. The Balaban J connectivity index is 1.35. The molecule has 0 aliphatic heterocycles. The first-order chi connectivity index (χ1) is 13.6. The minimum atomic E-state index is -0.875. The monoisotopic (exact) mass is 376 g/mol. The summed E-state index contributed by atoms with van der Waals surface area (Å²) in [5, 5.41) is 9.04. The van der Waals surface area contributed by atoms with E-state index >= 15 is 0 Å². The molecule has 1 N–H and O–H groups in total. The molecule has 0 bridgehead atoms. The lowest BCUT2D eigenvalue weighted by atomic mass is 9.68. The molecule has 0 radical (unpaired) electrons.